The highest BCUT2D eigenvalue weighted by atomic mass is 15.4. The Hall–Kier alpha value is -1.73. The Kier molecular flexibility index (Phi) is 4.51. The van der Waals surface area contributed by atoms with Gasteiger partial charge in [0.05, 0.1) is 23.6 Å². The lowest BCUT2D eigenvalue weighted by molar-refractivity contribution is 0.472. The van der Waals surface area contributed by atoms with Gasteiger partial charge in [-0.25, -0.2) is 4.68 Å². The summed E-state index contributed by atoms with van der Waals surface area (Å²) in [5.41, 5.74) is 7.32. The third-order valence-corrected chi connectivity index (χ3v) is 3.71. The van der Waals surface area contributed by atoms with Crippen LogP contribution in [0.3, 0.4) is 0 Å². The van der Waals surface area contributed by atoms with E-state index in [0.29, 0.717) is 0 Å². The Labute approximate surface area is 119 Å². The van der Waals surface area contributed by atoms with Gasteiger partial charge in [-0.2, -0.15) is 5.10 Å². The van der Waals surface area contributed by atoms with Gasteiger partial charge in [0.15, 0.2) is 0 Å². The number of aryl methyl sites for hydroxylation is 3. The Bertz CT molecular complexity index is 569. The highest BCUT2D eigenvalue weighted by Gasteiger charge is 2.20. The molecule has 0 saturated carbocycles. The van der Waals surface area contributed by atoms with E-state index in [1.54, 1.807) is 6.20 Å². The highest BCUT2D eigenvalue weighted by Crippen LogP contribution is 2.21. The summed E-state index contributed by atoms with van der Waals surface area (Å²) in [4.78, 5) is 0. The van der Waals surface area contributed by atoms with E-state index in [0.717, 1.165) is 36.5 Å². The number of hydrogen-bond acceptors (Lipinski definition) is 5. The molecule has 2 aromatic heterocycles. The van der Waals surface area contributed by atoms with Crippen molar-refractivity contribution in [3.8, 4) is 0 Å². The molecule has 110 valence electrons. The van der Waals surface area contributed by atoms with Crippen LogP contribution in [0.4, 0.5) is 0 Å². The van der Waals surface area contributed by atoms with Gasteiger partial charge in [-0.1, -0.05) is 12.1 Å². The van der Waals surface area contributed by atoms with Crippen LogP contribution < -0.4 is 11.3 Å². The minimum absolute atomic E-state index is 0.0156. The van der Waals surface area contributed by atoms with E-state index >= 15 is 0 Å². The molecule has 20 heavy (non-hydrogen) atoms. The molecule has 0 radical (unpaired) electrons. The van der Waals surface area contributed by atoms with Crippen LogP contribution in [0.1, 0.15) is 42.0 Å². The molecule has 0 bridgehead atoms. The molecular weight excluding hydrogens is 254 g/mol. The third-order valence-electron chi connectivity index (χ3n) is 3.71. The fraction of sp³-hybridized carbons (Fsp3) is 0.615. The number of nitrogens with zero attached hydrogens (tertiary/aromatic N) is 5. The summed E-state index contributed by atoms with van der Waals surface area (Å²) >= 11 is 0. The number of hydrogen-bond donors (Lipinski definition) is 2. The molecule has 0 aliphatic rings. The number of hydrazine groups is 1. The fourth-order valence-electron chi connectivity index (χ4n) is 2.49. The molecular formula is C13H23N7. The van der Waals surface area contributed by atoms with Crippen LogP contribution in [-0.2, 0) is 20.0 Å². The minimum atomic E-state index is -0.0156. The molecule has 2 heterocycles. The lowest BCUT2D eigenvalue weighted by Gasteiger charge is -2.17. The van der Waals surface area contributed by atoms with Gasteiger partial charge in [0.2, 0.25) is 0 Å². The van der Waals surface area contributed by atoms with Crippen molar-refractivity contribution in [2.24, 2.45) is 12.9 Å². The van der Waals surface area contributed by atoms with E-state index in [1.165, 1.54) is 5.56 Å². The monoisotopic (exact) mass is 277 g/mol. The molecule has 0 aliphatic heterocycles. The molecule has 0 aliphatic carbocycles. The van der Waals surface area contributed by atoms with Gasteiger partial charge in [0.1, 0.15) is 0 Å². The molecule has 0 spiro atoms. The Morgan fingerprint density at radius 3 is 2.70 bits per heavy atom. The molecule has 1 unspecified atom stereocenters. The highest BCUT2D eigenvalue weighted by molar-refractivity contribution is 5.26. The second kappa shape index (κ2) is 6.15. The summed E-state index contributed by atoms with van der Waals surface area (Å²) < 4.78 is 3.81. The van der Waals surface area contributed by atoms with Crippen LogP contribution in [0.2, 0.25) is 0 Å². The van der Waals surface area contributed by atoms with Crippen molar-refractivity contribution in [3.05, 3.63) is 28.8 Å². The Balaban J connectivity index is 2.26. The van der Waals surface area contributed by atoms with Crippen molar-refractivity contribution in [1.29, 1.82) is 0 Å². The maximum absolute atomic E-state index is 5.74. The quantitative estimate of drug-likeness (QED) is 0.602. The van der Waals surface area contributed by atoms with E-state index in [9.17, 15) is 0 Å². The fourth-order valence-corrected chi connectivity index (χ4v) is 2.49. The van der Waals surface area contributed by atoms with Crippen LogP contribution in [0.5, 0.6) is 0 Å². The predicted octanol–water partition coefficient (Wildman–Crippen LogP) is 0.786. The SMILES string of the molecule is CCCn1nncc1C(Cc1c(C)nn(C)c1C)NN. The first kappa shape index (κ1) is 14.7. The zero-order valence-corrected chi connectivity index (χ0v) is 12.6. The summed E-state index contributed by atoms with van der Waals surface area (Å²) in [6, 6.07) is -0.0156. The summed E-state index contributed by atoms with van der Waals surface area (Å²) in [5, 5.41) is 12.6. The molecule has 1 atom stereocenters. The standard InChI is InChI=1S/C13H23N7/c1-5-6-20-13(8-15-18-20)12(16-14)7-11-9(2)17-19(4)10(11)3/h8,12,16H,5-7,14H2,1-4H3. The van der Waals surface area contributed by atoms with E-state index < -0.39 is 0 Å². The van der Waals surface area contributed by atoms with E-state index in [4.69, 9.17) is 5.84 Å². The number of rotatable bonds is 6. The molecule has 7 heteroatoms. The molecule has 0 saturated heterocycles. The maximum atomic E-state index is 5.74. The van der Waals surface area contributed by atoms with Crippen molar-refractivity contribution < 1.29 is 0 Å². The van der Waals surface area contributed by atoms with Gasteiger partial charge in [0, 0.05) is 19.3 Å². The first-order valence-electron chi connectivity index (χ1n) is 6.92. The normalized spacial score (nSPS) is 12.8. The van der Waals surface area contributed by atoms with Crippen molar-refractivity contribution in [3.63, 3.8) is 0 Å². The summed E-state index contributed by atoms with van der Waals surface area (Å²) in [7, 11) is 1.96. The van der Waals surface area contributed by atoms with Crippen molar-refractivity contribution in [2.75, 3.05) is 0 Å². The molecule has 3 N–H and O–H groups in total. The molecule has 2 rings (SSSR count). The Morgan fingerprint density at radius 1 is 1.40 bits per heavy atom. The largest absolute Gasteiger partial charge is 0.272 e. The van der Waals surface area contributed by atoms with Crippen LogP contribution in [0, 0.1) is 13.8 Å². The molecule has 0 aromatic carbocycles. The van der Waals surface area contributed by atoms with E-state index in [2.05, 4.69) is 34.7 Å². The van der Waals surface area contributed by atoms with E-state index in [1.807, 2.05) is 23.3 Å². The van der Waals surface area contributed by atoms with Crippen LogP contribution >= 0.6 is 0 Å². The van der Waals surface area contributed by atoms with Gasteiger partial charge in [-0.15, -0.1) is 5.10 Å². The zero-order chi connectivity index (χ0) is 14.7. The van der Waals surface area contributed by atoms with E-state index in [-0.39, 0.29) is 6.04 Å². The average molecular weight is 277 g/mol. The number of nitrogens with one attached hydrogen (secondary N) is 1. The summed E-state index contributed by atoms with van der Waals surface area (Å²) in [5.74, 6) is 5.74. The van der Waals surface area contributed by atoms with Crippen molar-refractivity contribution in [1.82, 2.24) is 30.2 Å². The first-order chi connectivity index (χ1) is 9.58. The minimum Gasteiger partial charge on any atom is -0.272 e. The molecule has 0 fully saturated rings. The van der Waals surface area contributed by atoms with Gasteiger partial charge in [0.25, 0.3) is 0 Å². The van der Waals surface area contributed by atoms with Crippen LogP contribution in [-0.4, -0.2) is 24.8 Å². The summed E-state index contributed by atoms with van der Waals surface area (Å²) in [6.07, 6.45) is 3.57. The zero-order valence-electron chi connectivity index (χ0n) is 12.6. The molecule has 0 amide bonds. The van der Waals surface area contributed by atoms with Crippen LogP contribution in [0.15, 0.2) is 6.20 Å². The van der Waals surface area contributed by atoms with Crippen molar-refractivity contribution >= 4 is 0 Å². The first-order valence-corrected chi connectivity index (χ1v) is 6.92. The average Bonchev–Trinajstić information content (AvgIpc) is 2.96. The number of nitrogens with two attached hydrogens (primary N) is 1. The summed E-state index contributed by atoms with van der Waals surface area (Å²) in [6.45, 7) is 7.06. The van der Waals surface area contributed by atoms with Gasteiger partial charge in [-0.05, 0) is 32.3 Å². The second-order valence-electron chi connectivity index (χ2n) is 5.08. The van der Waals surface area contributed by atoms with Gasteiger partial charge < -0.3 is 0 Å². The predicted molar refractivity (Wildman–Crippen MR) is 76.8 cm³/mol. The smallest absolute Gasteiger partial charge is 0.0773 e. The molecule has 7 nitrogen and oxygen atoms in total. The molecule has 2 aromatic rings. The maximum Gasteiger partial charge on any atom is 0.0773 e. The number of aromatic nitrogens is 5. The van der Waals surface area contributed by atoms with Crippen molar-refractivity contribution in [2.45, 2.75) is 46.2 Å². The Morgan fingerprint density at radius 2 is 2.15 bits per heavy atom. The van der Waals surface area contributed by atoms with Gasteiger partial charge >= 0.3 is 0 Å². The topological polar surface area (TPSA) is 86.6 Å². The van der Waals surface area contributed by atoms with Gasteiger partial charge in [-0.3, -0.25) is 16.0 Å². The van der Waals surface area contributed by atoms with Crippen LogP contribution in [0.25, 0.3) is 0 Å². The lowest BCUT2D eigenvalue weighted by atomic mass is 10.0. The third kappa shape index (κ3) is 2.73. The second-order valence-corrected chi connectivity index (χ2v) is 5.08. The lowest BCUT2D eigenvalue weighted by Crippen LogP contribution is -2.31.